The number of aryl methyl sites for hydroxylation is 1. The van der Waals surface area contributed by atoms with Crippen LogP contribution in [-0.2, 0) is 18.3 Å². The van der Waals surface area contributed by atoms with E-state index >= 15 is 0 Å². The molecule has 1 aromatic rings. The van der Waals surface area contributed by atoms with Crippen molar-refractivity contribution in [2.75, 3.05) is 20.2 Å². The molecule has 0 saturated heterocycles. The average molecular weight is 423 g/mol. The summed E-state index contributed by atoms with van der Waals surface area (Å²) < 4.78 is 7.53. The lowest BCUT2D eigenvalue weighted by Gasteiger charge is -2.21. The molecule has 22 heavy (non-hydrogen) atoms. The molecule has 0 aliphatic heterocycles. The first-order chi connectivity index (χ1) is 10.1. The molecule has 0 aliphatic carbocycles. The number of nitrogens with zero attached hydrogens (tertiary/aromatic N) is 3. The number of hydrogen-bond acceptors (Lipinski definition) is 3. The van der Waals surface area contributed by atoms with Crippen molar-refractivity contribution >= 4 is 29.9 Å². The highest BCUT2D eigenvalue weighted by Gasteiger charge is 2.12. The van der Waals surface area contributed by atoms with Crippen LogP contribution < -0.4 is 10.6 Å². The van der Waals surface area contributed by atoms with Crippen molar-refractivity contribution in [1.82, 2.24) is 20.4 Å². The first kappa shape index (κ1) is 21.2. The van der Waals surface area contributed by atoms with Gasteiger partial charge in [-0.2, -0.15) is 5.10 Å². The summed E-state index contributed by atoms with van der Waals surface area (Å²) in [5, 5.41) is 10.7. The van der Waals surface area contributed by atoms with Gasteiger partial charge in [0.1, 0.15) is 0 Å². The Morgan fingerprint density at radius 3 is 2.64 bits per heavy atom. The van der Waals surface area contributed by atoms with E-state index in [1.807, 2.05) is 26.4 Å². The van der Waals surface area contributed by atoms with Crippen molar-refractivity contribution in [2.24, 2.45) is 18.0 Å². The number of hydrogen-bond donors (Lipinski definition) is 2. The maximum Gasteiger partial charge on any atom is 0.191 e. The Labute approximate surface area is 151 Å². The zero-order chi connectivity index (χ0) is 15.7. The molecule has 0 saturated carbocycles. The molecule has 0 radical (unpaired) electrons. The van der Waals surface area contributed by atoms with Crippen molar-refractivity contribution in [3.63, 3.8) is 0 Å². The fourth-order valence-electron chi connectivity index (χ4n) is 2.13. The monoisotopic (exact) mass is 423 g/mol. The minimum absolute atomic E-state index is 0. The van der Waals surface area contributed by atoms with Gasteiger partial charge in [0.05, 0.1) is 12.3 Å². The van der Waals surface area contributed by atoms with Crippen molar-refractivity contribution in [1.29, 1.82) is 0 Å². The van der Waals surface area contributed by atoms with Crippen molar-refractivity contribution in [2.45, 2.75) is 39.8 Å². The molecule has 0 fully saturated rings. The third kappa shape index (κ3) is 7.98. The summed E-state index contributed by atoms with van der Waals surface area (Å²) in [6, 6.07) is 0. The maximum atomic E-state index is 5.74. The lowest BCUT2D eigenvalue weighted by atomic mass is 10.0. The average Bonchev–Trinajstić information content (AvgIpc) is 2.86. The van der Waals surface area contributed by atoms with Crippen LogP contribution in [0.15, 0.2) is 17.4 Å². The van der Waals surface area contributed by atoms with Gasteiger partial charge in [0, 0.05) is 45.6 Å². The maximum absolute atomic E-state index is 5.74. The third-order valence-electron chi connectivity index (χ3n) is 3.29. The second-order valence-corrected chi connectivity index (χ2v) is 5.40. The van der Waals surface area contributed by atoms with E-state index in [9.17, 15) is 0 Å². The summed E-state index contributed by atoms with van der Waals surface area (Å²) in [6.07, 6.45) is 5.10. The van der Waals surface area contributed by atoms with E-state index in [1.165, 1.54) is 0 Å². The van der Waals surface area contributed by atoms with Gasteiger partial charge in [0.2, 0.25) is 0 Å². The molecule has 1 atom stereocenters. The van der Waals surface area contributed by atoms with Gasteiger partial charge >= 0.3 is 0 Å². The number of rotatable bonds is 8. The molecule has 0 amide bonds. The SMILES string of the molecule is CCOC(CCNC(=NC)NCc1cnn(C)c1)C(C)C.I. The fraction of sp³-hybridized carbons (Fsp3) is 0.733. The molecule has 1 unspecified atom stereocenters. The van der Waals surface area contributed by atoms with E-state index in [0.717, 1.165) is 31.1 Å². The molecule has 1 aromatic heterocycles. The van der Waals surface area contributed by atoms with Crippen LogP contribution in [0.5, 0.6) is 0 Å². The van der Waals surface area contributed by atoms with Crippen LogP contribution in [0, 0.1) is 5.92 Å². The molecule has 1 rings (SSSR count). The highest BCUT2D eigenvalue weighted by Crippen LogP contribution is 2.09. The standard InChI is InChI=1S/C15H29N5O.HI/c1-6-21-14(12(2)3)7-8-17-15(16-4)18-9-13-10-19-20(5)11-13;/h10-12,14H,6-9H2,1-5H3,(H2,16,17,18);1H. The fourth-order valence-corrected chi connectivity index (χ4v) is 2.13. The van der Waals surface area contributed by atoms with Gasteiger partial charge in [-0.25, -0.2) is 0 Å². The highest BCUT2D eigenvalue weighted by atomic mass is 127. The van der Waals surface area contributed by atoms with Gasteiger partial charge in [0.15, 0.2) is 5.96 Å². The van der Waals surface area contributed by atoms with Crippen molar-refractivity contribution in [3.05, 3.63) is 18.0 Å². The van der Waals surface area contributed by atoms with Crippen molar-refractivity contribution in [3.8, 4) is 0 Å². The van der Waals surface area contributed by atoms with Crippen LogP contribution in [0.1, 0.15) is 32.8 Å². The summed E-state index contributed by atoms with van der Waals surface area (Å²) in [5.41, 5.74) is 1.13. The number of guanidine groups is 1. The topological polar surface area (TPSA) is 63.5 Å². The lowest BCUT2D eigenvalue weighted by Crippen LogP contribution is -2.38. The van der Waals surface area contributed by atoms with Gasteiger partial charge in [-0.05, 0) is 19.3 Å². The van der Waals surface area contributed by atoms with Crippen LogP contribution >= 0.6 is 24.0 Å². The Morgan fingerprint density at radius 1 is 1.41 bits per heavy atom. The number of ether oxygens (including phenoxy) is 1. The van der Waals surface area contributed by atoms with Gasteiger partial charge in [0.25, 0.3) is 0 Å². The summed E-state index contributed by atoms with van der Waals surface area (Å²) in [4.78, 5) is 4.22. The molecular weight excluding hydrogens is 393 g/mol. The van der Waals surface area contributed by atoms with E-state index in [2.05, 4.69) is 34.6 Å². The molecule has 7 heteroatoms. The smallest absolute Gasteiger partial charge is 0.191 e. The van der Waals surface area contributed by atoms with Crippen molar-refractivity contribution < 1.29 is 4.74 Å². The van der Waals surface area contributed by atoms with Crippen LogP contribution in [0.3, 0.4) is 0 Å². The van der Waals surface area contributed by atoms with Crippen LogP contribution in [0.4, 0.5) is 0 Å². The first-order valence-corrected chi connectivity index (χ1v) is 7.60. The zero-order valence-corrected chi connectivity index (χ0v) is 16.6. The van der Waals surface area contributed by atoms with E-state index in [-0.39, 0.29) is 24.0 Å². The minimum atomic E-state index is 0. The van der Waals surface area contributed by atoms with E-state index in [1.54, 1.807) is 11.7 Å². The van der Waals surface area contributed by atoms with Gasteiger partial charge in [-0.3, -0.25) is 9.67 Å². The minimum Gasteiger partial charge on any atom is -0.378 e. The quantitative estimate of drug-likeness (QED) is 0.382. The summed E-state index contributed by atoms with van der Waals surface area (Å²) in [7, 11) is 3.69. The van der Waals surface area contributed by atoms with Gasteiger partial charge < -0.3 is 15.4 Å². The molecule has 0 spiro atoms. The van der Waals surface area contributed by atoms with E-state index in [0.29, 0.717) is 18.6 Å². The molecular formula is C15H30IN5O. The Hall–Kier alpha value is -0.830. The molecule has 0 aliphatic rings. The Kier molecular flexibility index (Phi) is 11.3. The van der Waals surface area contributed by atoms with Gasteiger partial charge in [-0.1, -0.05) is 13.8 Å². The Balaban J connectivity index is 0.00000441. The molecule has 128 valence electrons. The molecule has 1 heterocycles. The lowest BCUT2D eigenvalue weighted by molar-refractivity contribution is 0.0258. The molecule has 0 bridgehead atoms. The van der Waals surface area contributed by atoms with Crippen LogP contribution in [-0.4, -0.2) is 42.0 Å². The third-order valence-corrected chi connectivity index (χ3v) is 3.29. The molecule has 6 nitrogen and oxygen atoms in total. The normalized spacial score (nSPS) is 12.9. The highest BCUT2D eigenvalue weighted by molar-refractivity contribution is 14.0. The Bertz CT molecular complexity index is 433. The molecule has 2 N–H and O–H groups in total. The van der Waals surface area contributed by atoms with E-state index < -0.39 is 0 Å². The summed E-state index contributed by atoms with van der Waals surface area (Å²) >= 11 is 0. The molecule has 0 aromatic carbocycles. The Morgan fingerprint density at radius 2 is 2.14 bits per heavy atom. The van der Waals surface area contributed by atoms with Gasteiger partial charge in [-0.15, -0.1) is 24.0 Å². The first-order valence-electron chi connectivity index (χ1n) is 7.60. The second kappa shape index (κ2) is 11.7. The summed E-state index contributed by atoms with van der Waals surface area (Å²) in [6.45, 7) is 8.74. The van der Waals surface area contributed by atoms with Crippen LogP contribution in [0.25, 0.3) is 0 Å². The summed E-state index contributed by atoms with van der Waals surface area (Å²) in [5.74, 6) is 1.33. The number of aliphatic imine (C=N–C) groups is 1. The van der Waals surface area contributed by atoms with Crippen LogP contribution in [0.2, 0.25) is 0 Å². The largest absolute Gasteiger partial charge is 0.378 e. The predicted octanol–water partition coefficient (Wildman–Crippen LogP) is 2.15. The number of aromatic nitrogens is 2. The van der Waals surface area contributed by atoms with E-state index in [4.69, 9.17) is 4.74 Å². The number of halogens is 1. The number of nitrogens with one attached hydrogen (secondary N) is 2. The zero-order valence-electron chi connectivity index (χ0n) is 14.3. The predicted molar refractivity (Wildman–Crippen MR) is 102 cm³/mol. The second-order valence-electron chi connectivity index (χ2n) is 5.40.